The smallest absolute Gasteiger partial charge is 0.255 e. The first-order chi connectivity index (χ1) is 24.2. The topological polar surface area (TPSA) is 95.4 Å². The lowest BCUT2D eigenvalue weighted by atomic mass is 9.71. The highest BCUT2D eigenvalue weighted by molar-refractivity contribution is 6.34. The third-order valence-electron chi connectivity index (χ3n) is 10.9. The number of likely N-dealkylation sites (tertiary alicyclic amines) is 1. The van der Waals surface area contributed by atoms with Crippen molar-refractivity contribution in [2.75, 3.05) is 29.9 Å². The number of hydrogen-bond donors (Lipinski definition) is 2. The van der Waals surface area contributed by atoms with Gasteiger partial charge in [0.05, 0.1) is 45.8 Å². The fourth-order valence-corrected chi connectivity index (χ4v) is 8.27. The van der Waals surface area contributed by atoms with Crippen LogP contribution in [0.15, 0.2) is 42.7 Å². The Labute approximate surface area is 300 Å². The van der Waals surface area contributed by atoms with Gasteiger partial charge in [0.25, 0.3) is 12.3 Å². The van der Waals surface area contributed by atoms with Crippen molar-refractivity contribution < 1.29 is 22.8 Å². The second kappa shape index (κ2) is 13.1. The number of fused-ring (bicyclic) bond motifs is 2. The zero-order valence-electron chi connectivity index (χ0n) is 29.5. The third kappa shape index (κ3) is 6.24. The normalized spacial score (nSPS) is 21.7. The van der Waals surface area contributed by atoms with Crippen LogP contribution in [0.3, 0.4) is 0 Å². The van der Waals surface area contributed by atoms with Gasteiger partial charge < -0.3 is 20.1 Å². The first-order valence-electron chi connectivity index (χ1n) is 17.6. The molecule has 7 rings (SSSR count). The number of carbonyl (C=O) groups is 2. The standard InChI is InChI=1S/C38H43ClF3N7O2/c1-21(2)48-20-44-30-16-28(45-34(33(30)48)46-29-14-24(26(39)15-27(29)40)35(50)43-19-32(41)42)22-9-10-25-31(13-22)49(36(51)37(25,3)4)23-17-38(5,18-23)47-11-7-6-8-12-47/h9-10,13-16,20-21,23,32H,6-8,11-12,17-19H2,1-5H3,(H,43,50)(H,45,46). The molecule has 4 heterocycles. The van der Waals surface area contributed by atoms with E-state index in [0.717, 1.165) is 48.8 Å². The maximum absolute atomic E-state index is 15.4. The lowest BCUT2D eigenvalue weighted by molar-refractivity contribution is -0.123. The molecule has 2 aliphatic heterocycles. The number of piperidine rings is 1. The molecule has 270 valence electrons. The van der Waals surface area contributed by atoms with E-state index < -0.39 is 30.1 Å². The van der Waals surface area contributed by atoms with Gasteiger partial charge >= 0.3 is 0 Å². The number of pyridine rings is 1. The van der Waals surface area contributed by atoms with Gasteiger partial charge in [-0.15, -0.1) is 0 Å². The van der Waals surface area contributed by atoms with Gasteiger partial charge in [0.1, 0.15) is 11.3 Å². The summed E-state index contributed by atoms with van der Waals surface area (Å²) >= 11 is 6.17. The van der Waals surface area contributed by atoms with Crippen molar-refractivity contribution in [3.05, 3.63) is 64.7 Å². The molecule has 3 aliphatic rings. The average Bonchev–Trinajstić information content (AvgIpc) is 3.60. The van der Waals surface area contributed by atoms with Crippen LogP contribution in [0.2, 0.25) is 5.02 Å². The van der Waals surface area contributed by atoms with Crippen LogP contribution in [0.4, 0.5) is 30.4 Å². The summed E-state index contributed by atoms with van der Waals surface area (Å²) in [6.07, 6.45) is 4.47. The zero-order valence-corrected chi connectivity index (χ0v) is 30.3. The number of benzene rings is 2. The highest BCUT2D eigenvalue weighted by Crippen LogP contribution is 2.50. The van der Waals surface area contributed by atoms with Crippen molar-refractivity contribution in [1.82, 2.24) is 24.8 Å². The number of carbonyl (C=O) groups excluding carboxylic acids is 2. The molecule has 0 unspecified atom stereocenters. The molecule has 0 bridgehead atoms. The van der Waals surface area contributed by atoms with Gasteiger partial charge in [0.2, 0.25) is 5.91 Å². The molecule has 2 aromatic carbocycles. The molecule has 9 nitrogen and oxygen atoms in total. The van der Waals surface area contributed by atoms with Crippen molar-refractivity contribution in [1.29, 1.82) is 0 Å². The number of imidazole rings is 1. The molecule has 4 aromatic rings. The number of nitrogens with one attached hydrogen (secondary N) is 2. The summed E-state index contributed by atoms with van der Waals surface area (Å²) < 4.78 is 42.9. The molecule has 1 saturated heterocycles. The molecule has 2 amide bonds. The van der Waals surface area contributed by atoms with Crippen molar-refractivity contribution in [2.45, 2.75) is 96.2 Å². The molecule has 2 aromatic heterocycles. The first-order valence-corrected chi connectivity index (χ1v) is 18.0. The van der Waals surface area contributed by atoms with E-state index >= 15 is 4.39 Å². The molecular formula is C38H43ClF3N7O2. The van der Waals surface area contributed by atoms with E-state index in [1.165, 1.54) is 25.3 Å². The number of aromatic nitrogens is 3. The fourth-order valence-electron chi connectivity index (χ4n) is 8.03. The Bertz CT molecular complexity index is 2020. The highest BCUT2D eigenvalue weighted by atomic mass is 35.5. The Hall–Kier alpha value is -4.16. The summed E-state index contributed by atoms with van der Waals surface area (Å²) in [4.78, 5) is 40.9. The minimum Gasteiger partial charge on any atom is -0.346 e. The van der Waals surface area contributed by atoms with E-state index in [0.29, 0.717) is 16.7 Å². The molecule has 0 spiro atoms. The molecule has 1 aliphatic carbocycles. The predicted molar refractivity (Wildman–Crippen MR) is 194 cm³/mol. The van der Waals surface area contributed by atoms with Gasteiger partial charge in [-0.05, 0) is 103 Å². The maximum Gasteiger partial charge on any atom is 0.255 e. The molecular weight excluding hydrogens is 679 g/mol. The molecule has 0 radical (unpaired) electrons. The predicted octanol–water partition coefficient (Wildman–Crippen LogP) is 8.24. The van der Waals surface area contributed by atoms with Gasteiger partial charge in [-0.1, -0.05) is 30.2 Å². The largest absolute Gasteiger partial charge is 0.346 e. The molecule has 51 heavy (non-hydrogen) atoms. The average molecular weight is 722 g/mol. The van der Waals surface area contributed by atoms with Crippen LogP contribution >= 0.6 is 11.6 Å². The van der Waals surface area contributed by atoms with Crippen molar-refractivity contribution in [3.63, 3.8) is 0 Å². The van der Waals surface area contributed by atoms with E-state index in [-0.39, 0.29) is 45.6 Å². The second-order valence-electron chi connectivity index (χ2n) is 15.1. The van der Waals surface area contributed by atoms with Crippen LogP contribution in [-0.2, 0) is 10.2 Å². The van der Waals surface area contributed by atoms with E-state index in [4.69, 9.17) is 16.6 Å². The van der Waals surface area contributed by atoms with E-state index in [1.54, 1.807) is 6.33 Å². The van der Waals surface area contributed by atoms with Gasteiger partial charge in [-0.25, -0.2) is 23.1 Å². The number of amides is 2. The first kappa shape index (κ1) is 35.3. The minimum atomic E-state index is -2.76. The number of hydrogen-bond acceptors (Lipinski definition) is 6. The fraction of sp³-hybridized carbons (Fsp3) is 0.474. The number of halogens is 4. The molecule has 2 N–H and O–H groups in total. The third-order valence-corrected chi connectivity index (χ3v) is 11.2. The van der Waals surface area contributed by atoms with Crippen molar-refractivity contribution in [2.24, 2.45) is 0 Å². The quantitative estimate of drug-likeness (QED) is 0.181. The van der Waals surface area contributed by atoms with Gasteiger partial charge in [0, 0.05) is 28.9 Å². The van der Waals surface area contributed by atoms with Crippen LogP contribution in [0.1, 0.15) is 88.7 Å². The SMILES string of the molecule is CC(C)n1cnc2cc(-c3ccc4c(c3)N(C3CC(C)(N5CCCCC5)C3)C(=O)C4(C)C)nc(Nc3cc(C(=O)NCC(F)F)c(Cl)cc3F)c21. The Kier molecular flexibility index (Phi) is 9.06. The summed E-state index contributed by atoms with van der Waals surface area (Å²) in [7, 11) is 0. The summed E-state index contributed by atoms with van der Waals surface area (Å²) in [6, 6.07) is 10.1. The van der Waals surface area contributed by atoms with Crippen molar-refractivity contribution in [3.8, 4) is 11.3 Å². The van der Waals surface area contributed by atoms with Crippen LogP contribution in [-0.4, -0.2) is 68.9 Å². The monoisotopic (exact) mass is 721 g/mol. The molecule has 2 fully saturated rings. The second-order valence-corrected chi connectivity index (χ2v) is 15.6. The van der Waals surface area contributed by atoms with Crippen LogP contribution in [0, 0.1) is 5.82 Å². The summed E-state index contributed by atoms with van der Waals surface area (Å²) in [5, 5.41) is 4.95. The summed E-state index contributed by atoms with van der Waals surface area (Å²) in [5.74, 6) is -1.25. The minimum absolute atomic E-state index is 0.0196. The van der Waals surface area contributed by atoms with Gasteiger partial charge in [-0.2, -0.15) is 0 Å². The number of nitrogens with zero attached hydrogens (tertiary/aromatic N) is 5. The van der Waals surface area contributed by atoms with E-state index in [2.05, 4.69) is 27.4 Å². The molecule has 0 atom stereocenters. The number of anilines is 3. The Balaban J connectivity index is 1.26. The van der Waals surface area contributed by atoms with Gasteiger partial charge in [0.15, 0.2) is 5.82 Å². The summed E-state index contributed by atoms with van der Waals surface area (Å²) in [5.41, 5.74) is 3.48. The maximum atomic E-state index is 15.4. The van der Waals surface area contributed by atoms with Crippen molar-refractivity contribution >= 4 is 51.6 Å². The van der Waals surface area contributed by atoms with Crippen LogP contribution < -0.4 is 15.5 Å². The Morgan fingerprint density at radius 1 is 1.06 bits per heavy atom. The van der Waals surface area contributed by atoms with Crippen LogP contribution in [0.5, 0.6) is 0 Å². The number of alkyl halides is 2. The van der Waals surface area contributed by atoms with Crippen LogP contribution in [0.25, 0.3) is 22.3 Å². The van der Waals surface area contributed by atoms with Gasteiger partial charge in [-0.3, -0.25) is 14.5 Å². The van der Waals surface area contributed by atoms with E-state index in [9.17, 15) is 18.4 Å². The lowest BCUT2D eigenvalue weighted by Crippen LogP contribution is -2.64. The highest BCUT2D eigenvalue weighted by Gasteiger charge is 2.54. The van der Waals surface area contributed by atoms with E-state index in [1.807, 2.05) is 61.4 Å². The Morgan fingerprint density at radius 2 is 1.78 bits per heavy atom. The number of rotatable bonds is 9. The lowest BCUT2D eigenvalue weighted by Gasteiger charge is -2.55. The summed E-state index contributed by atoms with van der Waals surface area (Å²) in [6.45, 7) is 11.6. The Morgan fingerprint density at radius 3 is 2.47 bits per heavy atom. The zero-order chi connectivity index (χ0) is 36.4. The molecule has 13 heteroatoms. The molecule has 1 saturated carbocycles.